The molecule has 8 heteroatoms. The number of rotatable bonds is 3. The maximum Gasteiger partial charge on any atom is 0.211 e. The van der Waals surface area contributed by atoms with E-state index in [-0.39, 0.29) is 17.2 Å². The lowest BCUT2D eigenvalue weighted by Gasteiger charge is -2.42. The quantitative estimate of drug-likeness (QED) is 0.800. The molecule has 1 saturated carbocycles. The Hall–Kier alpha value is -1.93. The SMILES string of the molecule is CN([C@@]12CCC[C@@H](CC1)c1cc(-c3c(F)cccc3F)nnc12)S(C)(=O)=O. The first-order chi connectivity index (χ1) is 12.7. The molecule has 5 rings (SSSR count). The number of hydrogen-bond acceptors (Lipinski definition) is 4. The first kappa shape index (κ1) is 18.4. The molecular formula is C19H21F2N3O2S. The summed E-state index contributed by atoms with van der Waals surface area (Å²) in [7, 11) is -1.86. The second kappa shape index (κ2) is 6.31. The van der Waals surface area contributed by atoms with E-state index in [1.165, 1.54) is 28.8 Å². The number of aromatic nitrogens is 2. The van der Waals surface area contributed by atoms with E-state index in [4.69, 9.17) is 0 Å². The Morgan fingerprint density at radius 2 is 1.85 bits per heavy atom. The third-order valence-electron chi connectivity index (χ3n) is 6.07. The van der Waals surface area contributed by atoms with E-state index >= 15 is 0 Å². The average molecular weight is 393 g/mol. The van der Waals surface area contributed by atoms with Crippen LogP contribution in [0.3, 0.4) is 0 Å². The van der Waals surface area contributed by atoms with E-state index in [1.54, 1.807) is 13.1 Å². The van der Waals surface area contributed by atoms with Crippen molar-refractivity contribution in [1.29, 1.82) is 0 Å². The second-order valence-corrected chi connectivity index (χ2v) is 9.53. The zero-order chi connectivity index (χ0) is 19.4. The fourth-order valence-corrected chi connectivity index (χ4v) is 5.50. The van der Waals surface area contributed by atoms with Gasteiger partial charge in [0.15, 0.2) is 0 Å². The van der Waals surface area contributed by atoms with Gasteiger partial charge in [-0.25, -0.2) is 17.2 Å². The Morgan fingerprint density at radius 1 is 1.15 bits per heavy atom. The minimum absolute atomic E-state index is 0.147. The molecule has 0 aliphatic heterocycles. The summed E-state index contributed by atoms with van der Waals surface area (Å²) >= 11 is 0. The Bertz CT molecular complexity index is 988. The van der Waals surface area contributed by atoms with Crippen LogP contribution in [0.15, 0.2) is 24.3 Å². The first-order valence-corrected chi connectivity index (χ1v) is 10.9. The van der Waals surface area contributed by atoms with E-state index in [9.17, 15) is 17.2 Å². The molecular weight excluding hydrogens is 372 g/mol. The molecule has 2 bridgehead atoms. The minimum Gasteiger partial charge on any atom is -0.212 e. The van der Waals surface area contributed by atoms with Gasteiger partial charge in [-0.05, 0) is 55.4 Å². The van der Waals surface area contributed by atoms with E-state index < -0.39 is 27.2 Å². The van der Waals surface area contributed by atoms with Gasteiger partial charge in [0.2, 0.25) is 10.0 Å². The summed E-state index contributed by atoms with van der Waals surface area (Å²) in [6.07, 6.45) is 5.12. The maximum atomic E-state index is 14.2. The molecule has 1 aromatic heterocycles. The molecule has 0 saturated heterocycles. The van der Waals surface area contributed by atoms with Crippen molar-refractivity contribution in [1.82, 2.24) is 14.5 Å². The molecule has 0 amide bonds. The van der Waals surface area contributed by atoms with Gasteiger partial charge in [-0.3, -0.25) is 0 Å². The lowest BCUT2D eigenvalue weighted by molar-refractivity contribution is 0.172. The van der Waals surface area contributed by atoms with Crippen LogP contribution in [0.25, 0.3) is 11.3 Å². The van der Waals surface area contributed by atoms with Crippen LogP contribution in [0.5, 0.6) is 0 Å². The summed E-state index contributed by atoms with van der Waals surface area (Å²) in [5.74, 6) is -1.18. The normalized spacial score (nSPS) is 24.7. The molecule has 3 aliphatic rings. The van der Waals surface area contributed by atoms with Gasteiger partial charge in [-0.1, -0.05) is 12.5 Å². The highest BCUT2D eigenvalue weighted by molar-refractivity contribution is 7.88. The van der Waals surface area contributed by atoms with Crippen LogP contribution in [0.4, 0.5) is 8.78 Å². The predicted molar refractivity (Wildman–Crippen MR) is 97.5 cm³/mol. The Kier molecular flexibility index (Phi) is 4.31. The molecule has 144 valence electrons. The zero-order valence-electron chi connectivity index (χ0n) is 15.2. The van der Waals surface area contributed by atoms with Gasteiger partial charge in [0.05, 0.1) is 28.7 Å². The Morgan fingerprint density at radius 3 is 2.52 bits per heavy atom. The number of halogens is 2. The Labute approximate surface area is 157 Å². The van der Waals surface area contributed by atoms with Crippen LogP contribution >= 0.6 is 0 Å². The van der Waals surface area contributed by atoms with Crippen LogP contribution in [0.2, 0.25) is 0 Å². The largest absolute Gasteiger partial charge is 0.212 e. The lowest BCUT2D eigenvalue weighted by atomic mass is 9.76. The summed E-state index contributed by atoms with van der Waals surface area (Å²) in [6, 6.07) is 5.39. The van der Waals surface area contributed by atoms with Gasteiger partial charge in [0.25, 0.3) is 0 Å². The van der Waals surface area contributed by atoms with Crippen LogP contribution in [-0.4, -0.2) is 36.2 Å². The molecule has 1 aromatic carbocycles. The molecule has 1 heterocycles. The van der Waals surface area contributed by atoms with Crippen molar-refractivity contribution in [2.75, 3.05) is 13.3 Å². The van der Waals surface area contributed by atoms with Crippen molar-refractivity contribution in [2.24, 2.45) is 0 Å². The Balaban J connectivity index is 1.91. The first-order valence-electron chi connectivity index (χ1n) is 9.00. The van der Waals surface area contributed by atoms with Gasteiger partial charge in [-0.15, -0.1) is 5.10 Å². The van der Waals surface area contributed by atoms with Crippen LogP contribution in [0, 0.1) is 11.6 Å². The van der Waals surface area contributed by atoms with Crippen LogP contribution in [0.1, 0.15) is 49.3 Å². The number of benzene rings is 1. The van der Waals surface area contributed by atoms with Crippen LogP contribution < -0.4 is 0 Å². The van der Waals surface area contributed by atoms with E-state index in [0.717, 1.165) is 24.8 Å². The molecule has 0 unspecified atom stereocenters. The smallest absolute Gasteiger partial charge is 0.211 e. The lowest BCUT2D eigenvalue weighted by Crippen LogP contribution is -2.48. The molecule has 27 heavy (non-hydrogen) atoms. The van der Waals surface area contributed by atoms with Gasteiger partial charge < -0.3 is 0 Å². The fraction of sp³-hybridized carbons (Fsp3) is 0.474. The summed E-state index contributed by atoms with van der Waals surface area (Å²) in [4.78, 5) is 0. The molecule has 0 radical (unpaired) electrons. The van der Waals surface area contributed by atoms with Crippen LogP contribution in [-0.2, 0) is 15.6 Å². The highest BCUT2D eigenvalue weighted by atomic mass is 32.2. The van der Waals surface area contributed by atoms with E-state index in [1.807, 2.05) is 0 Å². The highest BCUT2D eigenvalue weighted by Crippen LogP contribution is 2.52. The third-order valence-corrected chi connectivity index (χ3v) is 7.42. The molecule has 1 fully saturated rings. The maximum absolute atomic E-state index is 14.2. The number of nitrogens with zero attached hydrogens (tertiary/aromatic N) is 3. The summed E-state index contributed by atoms with van der Waals surface area (Å²) < 4.78 is 54.4. The van der Waals surface area contributed by atoms with E-state index in [2.05, 4.69) is 10.2 Å². The van der Waals surface area contributed by atoms with Gasteiger partial charge in [0.1, 0.15) is 11.6 Å². The second-order valence-electron chi connectivity index (χ2n) is 7.52. The highest BCUT2D eigenvalue weighted by Gasteiger charge is 2.49. The zero-order valence-corrected chi connectivity index (χ0v) is 16.1. The average Bonchev–Trinajstić information content (AvgIpc) is 2.92. The molecule has 2 aromatic rings. The van der Waals surface area contributed by atoms with Crippen molar-refractivity contribution in [3.05, 3.63) is 47.2 Å². The van der Waals surface area contributed by atoms with Crippen molar-refractivity contribution < 1.29 is 17.2 Å². The molecule has 0 spiro atoms. The van der Waals surface area contributed by atoms with E-state index in [0.29, 0.717) is 18.5 Å². The molecule has 5 nitrogen and oxygen atoms in total. The van der Waals surface area contributed by atoms with Crippen molar-refractivity contribution in [2.45, 2.75) is 43.6 Å². The fourth-order valence-electron chi connectivity index (χ4n) is 4.60. The standard InChI is InChI=1S/C19H21F2N3O2S/c1-24(27(2,25)26)19-9-4-5-12(8-10-19)13-11-16(22-23-18(13)19)17-14(20)6-3-7-15(17)21/h3,6-7,11-12H,4-5,8-10H2,1-2H3/t12-,19-/m0/s1. The summed E-state index contributed by atoms with van der Waals surface area (Å²) in [6.45, 7) is 0. The van der Waals surface area contributed by atoms with Crippen molar-refractivity contribution in [3.63, 3.8) is 0 Å². The third kappa shape index (κ3) is 2.86. The van der Waals surface area contributed by atoms with Gasteiger partial charge in [-0.2, -0.15) is 9.40 Å². The van der Waals surface area contributed by atoms with Gasteiger partial charge in [0, 0.05) is 7.05 Å². The van der Waals surface area contributed by atoms with Crippen molar-refractivity contribution >= 4 is 10.0 Å². The molecule has 3 aliphatic carbocycles. The number of fused-ring (bicyclic) bond motifs is 3. The minimum atomic E-state index is -3.44. The summed E-state index contributed by atoms with van der Waals surface area (Å²) in [5.41, 5.74) is 0.703. The molecule has 0 N–H and O–H groups in total. The summed E-state index contributed by atoms with van der Waals surface area (Å²) in [5, 5.41) is 8.44. The van der Waals surface area contributed by atoms with Crippen molar-refractivity contribution in [3.8, 4) is 11.3 Å². The molecule has 2 atom stereocenters. The van der Waals surface area contributed by atoms with Gasteiger partial charge >= 0.3 is 0 Å². The topological polar surface area (TPSA) is 63.2 Å². The monoisotopic (exact) mass is 393 g/mol. The number of sulfonamides is 1. The predicted octanol–water partition coefficient (Wildman–Crippen LogP) is 3.57. The number of hydrogen-bond donors (Lipinski definition) is 0.